The summed E-state index contributed by atoms with van der Waals surface area (Å²) in [6.45, 7) is 0. The van der Waals surface area contributed by atoms with Gasteiger partial charge in [0, 0.05) is 78.7 Å². The molecule has 17 rings (SSSR count). The molecule has 17 aromatic rings. The van der Waals surface area contributed by atoms with E-state index >= 15 is 0 Å². The lowest BCUT2D eigenvalue weighted by Crippen LogP contribution is -2.04. The molecule has 12 aromatic carbocycles. The van der Waals surface area contributed by atoms with Crippen molar-refractivity contribution >= 4 is 107 Å². The van der Waals surface area contributed by atoms with Crippen LogP contribution in [0.25, 0.3) is 163 Å². The summed E-state index contributed by atoms with van der Waals surface area (Å²) >= 11 is 3.71. The van der Waals surface area contributed by atoms with E-state index in [-0.39, 0.29) is 0 Å². The minimum Gasteiger partial charge on any atom is -0.309 e. The van der Waals surface area contributed by atoms with Gasteiger partial charge in [0.1, 0.15) is 0 Å². The van der Waals surface area contributed by atoms with Gasteiger partial charge >= 0.3 is 0 Å². The maximum Gasteiger partial charge on any atom is 0.235 e. The highest BCUT2D eigenvalue weighted by Crippen LogP contribution is 2.43. The first kappa shape index (κ1) is 46.7. The molecule has 0 aliphatic rings. The van der Waals surface area contributed by atoms with E-state index in [4.69, 9.17) is 9.97 Å². The van der Waals surface area contributed by atoms with Crippen molar-refractivity contribution in [3.63, 3.8) is 0 Å². The zero-order chi connectivity index (χ0) is 53.8. The summed E-state index contributed by atoms with van der Waals surface area (Å²) in [6, 6.07) is 102. The topological polar surface area (TPSA) is 35.6 Å². The third kappa shape index (κ3) is 7.57. The summed E-state index contributed by atoms with van der Waals surface area (Å²) in [5, 5.41) is 9.91. The predicted octanol–water partition coefficient (Wildman–Crippen LogP) is 21.4. The summed E-state index contributed by atoms with van der Waals surface area (Å²) in [4.78, 5) is 11.3. The van der Waals surface area contributed by atoms with E-state index in [2.05, 4.69) is 288 Å². The summed E-state index contributed by atoms with van der Waals surface area (Å²) in [5.41, 5.74) is 18.4. The molecule has 0 spiro atoms. The van der Waals surface area contributed by atoms with E-state index in [0.29, 0.717) is 5.95 Å². The van der Waals surface area contributed by atoms with Crippen LogP contribution < -0.4 is 0 Å². The minimum atomic E-state index is 0.604. The van der Waals surface area contributed by atoms with Crippen molar-refractivity contribution in [3.05, 3.63) is 279 Å². The zero-order valence-corrected chi connectivity index (χ0v) is 45.8. The van der Waals surface area contributed by atoms with Crippen molar-refractivity contribution in [1.29, 1.82) is 0 Å². The molecule has 0 radical (unpaired) electrons. The smallest absolute Gasteiger partial charge is 0.235 e. The third-order valence-electron chi connectivity index (χ3n) is 16.6. The van der Waals surface area contributed by atoms with Gasteiger partial charge in [-0.05, 0) is 142 Å². The fourth-order valence-electron chi connectivity index (χ4n) is 12.7. The minimum absolute atomic E-state index is 0.604. The van der Waals surface area contributed by atoms with Crippen LogP contribution in [0.3, 0.4) is 0 Å². The van der Waals surface area contributed by atoms with Gasteiger partial charge in [-0.1, -0.05) is 182 Å². The molecule has 82 heavy (non-hydrogen) atoms. The third-order valence-corrected chi connectivity index (χ3v) is 18.9. The molecule has 0 bridgehead atoms. The monoisotopic (exact) mass is 1080 g/mol. The number of aromatic nitrogens is 4. The van der Waals surface area contributed by atoms with Crippen molar-refractivity contribution in [2.24, 2.45) is 0 Å². The Labute approximate surface area is 480 Å². The first-order valence-corrected chi connectivity index (χ1v) is 29.4. The van der Waals surface area contributed by atoms with Crippen molar-refractivity contribution < 1.29 is 0 Å². The average molecular weight is 1080 g/mol. The van der Waals surface area contributed by atoms with E-state index in [0.717, 1.165) is 83.3 Å². The first-order valence-electron chi connectivity index (χ1n) is 27.8. The van der Waals surface area contributed by atoms with Crippen LogP contribution in [0.15, 0.2) is 279 Å². The van der Waals surface area contributed by atoms with Crippen LogP contribution >= 0.6 is 22.7 Å². The maximum atomic E-state index is 5.66. The lowest BCUT2D eigenvalue weighted by molar-refractivity contribution is 0.995. The molecule has 6 heteroatoms. The van der Waals surface area contributed by atoms with E-state index < -0.39 is 0 Å². The van der Waals surface area contributed by atoms with Crippen LogP contribution in [-0.2, 0) is 0 Å². The molecule has 0 saturated heterocycles. The molecule has 0 N–H and O–H groups in total. The Balaban J connectivity index is 0.852. The molecule has 5 aromatic heterocycles. The van der Waals surface area contributed by atoms with E-state index in [1.165, 1.54) is 73.4 Å². The summed E-state index contributed by atoms with van der Waals surface area (Å²) in [7, 11) is 0. The second-order valence-electron chi connectivity index (χ2n) is 21.3. The van der Waals surface area contributed by atoms with Crippen molar-refractivity contribution in [1.82, 2.24) is 19.1 Å². The van der Waals surface area contributed by atoms with Gasteiger partial charge < -0.3 is 4.57 Å². The van der Waals surface area contributed by atoms with Gasteiger partial charge in [-0.25, -0.2) is 9.97 Å². The predicted molar refractivity (Wildman–Crippen MR) is 349 cm³/mol. The van der Waals surface area contributed by atoms with Gasteiger partial charge in [-0.2, -0.15) is 0 Å². The van der Waals surface area contributed by atoms with Crippen LogP contribution in [0.1, 0.15) is 0 Å². The number of para-hydroxylation sites is 2. The molecule has 0 saturated carbocycles. The van der Waals surface area contributed by atoms with Gasteiger partial charge in [-0.3, -0.25) is 4.57 Å². The molecule has 4 nitrogen and oxygen atoms in total. The zero-order valence-electron chi connectivity index (χ0n) is 44.2. The van der Waals surface area contributed by atoms with Gasteiger partial charge in [0.05, 0.1) is 33.5 Å². The molecule has 0 fully saturated rings. The Morgan fingerprint density at radius 2 is 0.671 bits per heavy atom. The largest absolute Gasteiger partial charge is 0.309 e. The standard InChI is InChI=1S/C76H46N4S2/c1-3-16-47(17-4-1)49-30-35-56(61(41-49)48-18-5-2-6-19-48)67-46-66(77-76(78-67)80-69-27-12-8-23-58(69)63-43-51(32-37-71(63)80)53-34-39-75-65(45-53)60-25-10-14-29-73(60)82-75)54-20-15-21-55(40-54)79-68-26-11-7-22-57(68)62-42-50(31-36-70(62)79)52-33-38-74-64(44-52)59-24-9-13-28-72(59)81-74/h1-46H. The maximum absolute atomic E-state index is 5.66. The number of benzene rings is 12. The number of fused-ring (bicyclic) bond motifs is 12. The molecule has 0 amide bonds. The quantitative estimate of drug-likeness (QED) is 0.152. The second kappa shape index (κ2) is 18.7. The number of hydrogen-bond acceptors (Lipinski definition) is 4. The van der Waals surface area contributed by atoms with Gasteiger partial charge in [-0.15, -0.1) is 22.7 Å². The van der Waals surface area contributed by atoms with E-state index in [1.807, 2.05) is 22.7 Å². The van der Waals surface area contributed by atoms with Crippen LogP contribution in [0.4, 0.5) is 0 Å². The average Bonchev–Trinajstić information content (AvgIpc) is 4.50. The SMILES string of the molecule is c1ccc(-c2ccc(-c3cc(-c4cccc(-n5c6ccccc6c6cc(-c7ccc8sc9ccccc9c8c7)ccc65)c4)nc(-n4c5ccccc5c5cc(-c6ccc7sc8ccccc8c7c6)ccc54)n3)c(-c3ccccc3)c2)cc1. The molecule has 0 atom stereocenters. The number of thiophene rings is 2. The van der Waals surface area contributed by atoms with Crippen LogP contribution in [-0.4, -0.2) is 19.1 Å². The van der Waals surface area contributed by atoms with Crippen molar-refractivity contribution in [2.45, 2.75) is 0 Å². The number of nitrogens with zero attached hydrogens (tertiary/aromatic N) is 4. The molecular formula is C76H46N4S2. The summed E-state index contributed by atoms with van der Waals surface area (Å²) < 4.78 is 9.91. The van der Waals surface area contributed by atoms with Gasteiger partial charge in [0.2, 0.25) is 5.95 Å². The molecule has 0 aliphatic carbocycles. The van der Waals surface area contributed by atoms with E-state index in [9.17, 15) is 0 Å². The molecular weight excluding hydrogens is 1030 g/mol. The highest BCUT2D eigenvalue weighted by molar-refractivity contribution is 7.26. The molecule has 0 aliphatic heterocycles. The van der Waals surface area contributed by atoms with Gasteiger partial charge in [0.15, 0.2) is 0 Å². The molecule has 382 valence electrons. The fraction of sp³-hybridized carbons (Fsp3) is 0. The Bertz CT molecular complexity index is 5410. The Morgan fingerprint density at radius 3 is 1.29 bits per heavy atom. The highest BCUT2D eigenvalue weighted by Gasteiger charge is 2.22. The lowest BCUT2D eigenvalue weighted by atomic mass is 9.92. The van der Waals surface area contributed by atoms with E-state index in [1.54, 1.807) is 0 Å². The number of hydrogen-bond donors (Lipinski definition) is 0. The van der Waals surface area contributed by atoms with Crippen molar-refractivity contribution in [3.8, 4) is 78.7 Å². The van der Waals surface area contributed by atoms with Crippen LogP contribution in [0, 0.1) is 0 Å². The van der Waals surface area contributed by atoms with Gasteiger partial charge in [0.25, 0.3) is 0 Å². The first-order chi connectivity index (χ1) is 40.6. The Hall–Kier alpha value is -10.2. The Morgan fingerprint density at radius 1 is 0.232 bits per heavy atom. The Kier molecular flexibility index (Phi) is 10.6. The molecule has 0 unspecified atom stereocenters. The second-order valence-corrected chi connectivity index (χ2v) is 23.4. The lowest BCUT2D eigenvalue weighted by Gasteiger charge is -2.16. The molecule has 5 heterocycles. The summed E-state index contributed by atoms with van der Waals surface area (Å²) in [6.07, 6.45) is 0. The van der Waals surface area contributed by atoms with Crippen molar-refractivity contribution in [2.75, 3.05) is 0 Å². The van der Waals surface area contributed by atoms with Crippen LogP contribution in [0.5, 0.6) is 0 Å². The summed E-state index contributed by atoms with van der Waals surface area (Å²) in [5.74, 6) is 0.604. The normalized spacial score (nSPS) is 11.9. The fourth-order valence-corrected chi connectivity index (χ4v) is 14.8. The number of rotatable bonds is 8. The van der Waals surface area contributed by atoms with Crippen LogP contribution in [0.2, 0.25) is 0 Å². The highest BCUT2D eigenvalue weighted by atomic mass is 32.1.